The molecule has 4 nitrogen and oxygen atoms in total. The first-order valence-electron chi connectivity index (χ1n) is 5.47. The van der Waals surface area contributed by atoms with Gasteiger partial charge in [0.2, 0.25) is 0 Å². The zero-order valence-electron chi connectivity index (χ0n) is 9.42. The number of carbonyl (C=O) groups excluding carboxylic acids is 1. The molecule has 0 saturated heterocycles. The lowest BCUT2D eigenvalue weighted by Gasteiger charge is -2.03. The van der Waals surface area contributed by atoms with E-state index in [1.807, 2.05) is 0 Å². The van der Waals surface area contributed by atoms with Crippen LogP contribution in [0.3, 0.4) is 0 Å². The van der Waals surface area contributed by atoms with Crippen LogP contribution in [0.15, 0.2) is 47.6 Å². The maximum atomic E-state index is 12.2. The van der Waals surface area contributed by atoms with Crippen molar-refractivity contribution in [1.82, 2.24) is 4.98 Å². The van der Waals surface area contributed by atoms with Gasteiger partial charge < -0.3 is 5.32 Å². The van der Waals surface area contributed by atoms with Crippen molar-refractivity contribution >= 4 is 22.3 Å². The third kappa shape index (κ3) is 1.82. The van der Waals surface area contributed by atoms with Crippen LogP contribution in [0.2, 0.25) is 0 Å². The van der Waals surface area contributed by atoms with Crippen LogP contribution in [0.25, 0.3) is 0 Å². The average molecular weight is 258 g/mol. The predicted octanol–water partition coefficient (Wildman–Crippen LogP) is 1.80. The Balaban J connectivity index is 2.01. The van der Waals surface area contributed by atoms with Crippen molar-refractivity contribution in [3.05, 3.63) is 53.9 Å². The molecule has 0 aliphatic carbocycles. The molecule has 1 aromatic carbocycles. The number of aromatic nitrogens is 1. The number of nitrogens with one attached hydrogen (secondary N) is 1. The van der Waals surface area contributed by atoms with E-state index in [0.29, 0.717) is 21.9 Å². The van der Waals surface area contributed by atoms with Crippen LogP contribution in [-0.4, -0.2) is 20.9 Å². The molecule has 1 N–H and O–H groups in total. The molecule has 0 bridgehead atoms. The molecule has 1 aliphatic rings. The number of rotatable bonds is 2. The van der Waals surface area contributed by atoms with Gasteiger partial charge in [0.25, 0.3) is 0 Å². The van der Waals surface area contributed by atoms with Crippen molar-refractivity contribution in [3.8, 4) is 0 Å². The topological polar surface area (TPSA) is 59.1 Å². The van der Waals surface area contributed by atoms with Crippen LogP contribution < -0.4 is 5.32 Å². The Hall–Kier alpha value is -2.01. The summed E-state index contributed by atoms with van der Waals surface area (Å²) in [6.07, 6.45) is 3.16. The molecular weight excluding hydrogens is 248 g/mol. The summed E-state index contributed by atoms with van der Waals surface area (Å²) in [5.41, 5.74) is 1.92. The molecule has 0 amide bonds. The van der Waals surface area contributed by atoms with Gasteiger partial charge in [-0.05, 0) is 30.3 Å². The van der Waals surface area contributed by atoms with E-state index < -0.39 is 10.8 Å². The molecule has 0 radical (unpaired) electrons. The van der Waals surface area contributed by atoms with Crippen molar-refractivity contribution in [2.45, 2.75) is 4.90 Å². The van der Waals surface area contributed by atoms with Gasteiger partial charge in [-0.15, -0.1) is 0 Å². The fraction of sp³-hybridized carbons (Fsp3) is 0.0769. The van der Waals surface area contributed by atoms with Gasteiger partial charge in [0, 0.05) is 23.5 Å². The minimum Gasteiger partial charge on any atom is -0.372 e. The van der Waals surface area contributed by atoms with Gasteiger partial charge in [0.1, 0.15) is 0 Å². The number of fused-ring (bicyclic) bond motifs is 1. The number of hydrogen-bond acceptors (Lipinski definition) is 4. The molecule has 1 aliphatic heterocycles. The smallest absolute Gasteiger partial charge is 0.194 e. The summed E-state index contributed by atoms with van der Waals surface area (Å²) in [6, 6.07) is 8.67. The molecule has 2 aromatic rings. The monoisotopic (exact) mass is 258 g/mol. The highest BCUT2D eigenvalue weighted by Gasteiger charge is 2.19. The molecular formula is C13H10N2O2S. The minimum absolute atomic E-state index is 0.102. The number of hydrogen-bond donors (Lipinski definition) is 1. The Morgan fingerprint density at radius 3 is 2.94 bits per heavy atom. The summed E-state index contributed by atoms with van der Waals surface area (Å²) < 4.78 is 11.7. The molecule has 1 unspecified atom stereocenters. The van der Waals surface area contributed by atoms with Gasteiger partial charge in [0.15, 0.2) is 5.78 Å². The van der Waals surface area contributed by atoms with E-state index in [9.17, 15) is 9.00 Å². The van der Waals surface area contributed by atoms with Gasteiger partial charge in [0.05, 0.1) is 27.3 Å². The number of ketones is 1. The van der Waals surface area contributed by atoms with E-state index >= 15 is 0 Å². The number of carbonyl (C=O) groups is 1. The second-order valence-electron chi connectivity index (χ2n) is 3.95. The molecule has 0 saturated carbocycles. The van der Waals surface area contributed by atoms with Crippen molar-refractivity contribution in [2.24, 2.45) is 0 Å². The highest BCUT2D eigenvalue weighted by molar-refractivity contribution is 7.85. The fourth-order valence-electron chi connectivity index (χ4n) is 1.88. The van der Waals surface area contributed by atoms with E-state index in [1.165, 1.54) is 6.20 Å². The van der Waals surface area contributed by atoms with Crippen LogP contribution in [-0.2, 0) is 10.8 Å². The van der Waals surface area contributed by atoms with Gasteiger partial charge in [-0.3, -0.25) is 14.0 Å². The maximum absolute atomic E-state index is 12.2. The molecule has 2 heterocycles. The first kappa shape index (κ1) is 11.1. The van der Waals surface area contributed by atoms with Crippen LogP contribution in [0.4, 0.5) is 5.69 Å². The molecule has 90 valence electrons. The Morgan fingerprint density at radius 2 is 2.17 bits per heavy atom. The molecule has 18 heavy (non-hydrogen) atoms. The number of benzene rings is 1. The highest BCUT2D eigenvalue weighted by atomic mass is 32.2. The fourth-order valence-corrected chi connectivity index (χ4v) is 2.97. The summed E-state index contributed by atoms with van der Waals surface area (Å²) in [4.78, 5) is 16.8. The summed E-state index contributed by atoms with van der Waals surface area (Å²) in [7, 11) is -1.06. The Kier molecular flexibility index (Phi) is 2.68. The summed E-state index contributed by atoms with van der Waals surface area (Å²) in [6.45, 7) is 0. The van der Waals surface area contributed by atoms with Crippen molar-refractivity contribution < 1.29 is 9.00 Å². The van der Waals surface area contributed by atoms with Crippen LogP contribution >= 0.6 is 0 Å². The van der Waals surface area contributed by atoms with Gasteiger partial charge in [-0.2, -0.15) is 0 Å². The lowest BCUT2D eigenvalue weighted by molar-refractivity contribution is 0.103. The molecule has 1 aromatic heterocycles. The maximum Gasteiger partial charge on any atom is 0.194 e. The van der Waals surface area contributed by atoms with E-state index in [-0.39, 0.29) is 5.78 Å². The van der Waals surface area contributed by atoms with E-state index in [1.54, 1.807) is 36.5 Å². The third-order valence-electron chi connectivity index (χ3n) is 2.81. The largest absolute Gasteiger partial charge is 0.372 e. The Labute approximate surface area is 107 Å². The first-order chi connectivity index (χ1) is 8.75. The number of pyridine rings is 1. The predicted molar refractivity (Wildman–Crippen MR) is 69.0 cm³/mol. The summed E-state index contributed by atoms with van der Waals surface area (Å²) >= 11 is 0. The van der Waals surface area contributed by atoms with E-state index in [0.717, 1.165) is 5.69 Å². The standard InChI is InChI=1S/C13H10N2O2S/c16-13(10-2-1-5-14-7-10)9-3-4-11-12(6-9)18(17)8-15-11/h1-7,15H,8H2. The summed E-state index contributed by atoms with van der Waals surface area (Å²) in [5, 5.41) is 3.03. The van der Waals surface area contributed by atoms with Gasteiger partial charge in [-0.25, -0.2) is 0 Å². The zero-order valence-corrected chi connectivity index (χ0v) is 10.2. The zero-order chi connectivity index (χ0) is 12.5. The van der Waals surface area contributed by atoms with E-state index in [4.69, 9.17) is 0 Å². The quantitative estimate of drug-likeness (QED) is 0.834. The van der Waals surface area contributed by atoms with Crippen LogP contribution in [0, 0.1) is 0 Å². The average Bonchev–Trinajstić information content (AvgIpc) is 2.80. The molecule has 5 heteroatoms. The molecule has 3 rings (SSSR count). The number of nitrogens with zero attached hydrogens (tertiary/aromatic N) is 1. The minimum atomic E-state index is -1.06. The molecule has 1 atom stereocenters. The van der Waals surface area contributed by atoms with Gasteiger partial charge >= 0.3 is 0 Å². The second kappa shape index (κ2) is 4.34. The van der Waals surface area contributed by atoms with E-state index in [2.05, 4.69) is 10.3 Å². The lowest BCUT2D eigenvalue weighted by atomic mass is 10.0. The Morgan fingerprint density at radius 1 is 1.28 bits per heavy atom. The lowest BCUT2D eigenvalue weighted by Crippen LogP contribution is -2.02. The normalized spacial score (nSPS) is 17.0. The highest BCUT2D eigenvalue weighted by Crippen LogP contribution is 2.27. The SMILES string of the molecule is O=C(c1cccnc1)c1ccc2c(c1)S(=O)CN2. The van der Waals surface area contributed by atoms with Crippen molar-refractivity contribution in [2.75, 3.05) is 11.2 Å². The molecule has 0 fully saturated rings. The molecule has 0 spiro atoms. The first-order valence-corrected chi connectivity index (χ1v) is 6.78. The number of anilines is 1. The van der Waals surface area contributed by atoms with Crippen molar-refractivity contribution in [1.29, 1.82) is 0 Å². The van der Waals surface area contributed by atoms with Gasteiger partial charge in [-0.1, -0.05) is 0 Å². The third-order valence-corrected chi connectivity index (χ3v) is 4.04. The van der Waals surface area contributed by atoms with Crippen LogP contribution in [0.5, 0.6) is 0 Å². The van der Waals surface area contributed by atoms with Crippen molar-refractivity contribution in [3.63, 3.8) is 0 Å². The summed E-state index contributed by atoms with van der Waals surface area (Å²) in [5.74, 6) is 0.315. The van der Waals surface area contributed by atoms with Crippen LogP contribution in [0.1, 0.15) is 15.9 Å². The Bertz CT molecular complexity index is 641. The second-order valence-corrected chi connectivity index (χ2v) is 5.37.